The molecule has 8 heteroatoms. The molecule has 8 nitrogen and oxygen atoms in total. The fourth-order valence-corrected chi connectivity index (χ4v) is 1.70. The van der Waals surface area contributed by atoms with Crippen LogP contribution < -0.4 is 5.32 Å². The Balaban J connectivity index is 2.39. The van der Waals surface area contributed by atoms with Gasteiger partial charge in [-0.05, 0) is 6.92 Å². The van der Waals surface area contributed by atoms with Crippen LogP contribution in [0.4, 0.5) is 0 Å². The van der Waals surface area contributed by atoms with Gasteiger partial charge in [-0.1, -0.05) is 6.58 Å². The van der Waals surface area contributed by atoms with Crippen LogP contribution in [-0.2, 0) is 14.3 Å². The standard InChI is InChI=1S/C12H21NO7/c1-6(2)11(18)13-3-4-19-12-10(17)9(16)8(15)7(5-14)20-12/h7-10,12,14-17H,1,3-5H2,2H3,(H,13,18)/t7-,8+,9+,10-,12?/m1/s1. The molecule has 1 unspecified atom stereocenters. The summed E-state index contributed by atoms with van der Waals surface area (Å²) in [6.45, 7) is 4.71. The smallest absolute Gasteiger partial charge is 0.246 e. The maximum Gasteiger partial charge on any atom is 0.246 e. The van der Waals surface area contributed by atoms with E-state index in [-0.39, 0.29) is 19.1 Å². The van der Waals surface area contributed by atoms with E-state index in [4.69, 9.17) is 14.6 Å². The third-order valence-electron chi connectivity index (χ3n) is 2.91. The van der Waals surface area contributed by atoms with Gasteiger partial charge in [0.2, 0.25) is 5.91 Å². The van der Waals surface area contributed by atoms with E-state index in [1.165, 1.54) is 0 Å². The zero-order valence-corrected chi connectivity index (χ0v) is 11.2. The van der Waals surface area contributed by atoms with E-state index in [0.29, 0.717) is 5.57 Å². The number of rotatable bonds is 6. The molecule has 1 saturated heterocycles. The van der Waals surface area contributed by atoms with Crippen LogP contribution in [0.2, 0.25) is 0 Å². The molecule has 1 rings (SSSR count). The fourth-order valence-electron chi connectivity index (χ4n) is 1.70. The summed E-state index contributed by atoms with van der Waals surface area (Å²) in [6.07, 6.45) is -6.53. The van der Waals surface area contributed by atoms with Gasteiger partial charge in [0.1, 0.15) is 24.4 Å². The van der Waals surface area contributed by atoms with Gasteiger partial charge in [-0.25, -0.2) is 0 Å². The van der Waals surface area contributed by atoms with Gasteiger partial charge >= 0.3 is 0 Å². The Morgan fingerprint density at radius 2 is 1.95 bits per heavy atom. The Labute approximate surface area is 116 Å². The minimum atomic E-state index is -1.48. The first kappa shape index (κ1) is 17.0. The summed E-state index contributed by atoms with van der Waals surface area (Å²) in [6, 6.07) is 0. The number of amides is 1. The van der Waals surface area contributed by atoms with Crippen LogP contribution >= 0.6 is 0 Å². The first-order valence-electron chi connectivity index (χ1n) is 6.24. The van der Waals surface area contributed by atoms with Crippen molar-refractivity contribution in [3.8, 4) is 0 Å². The zero-order chi connectivity index (χ0) is 15.3. The predicted molar refractivity (Wildman–Crippen MR) is 67.5 cm³/mol. The Hall–Kier alpha value is -1.03. The fraction of sp³-hybridized carbons (Fsp3) is 0.750. The van der Waals surface area contributed by atoms with Gasteiger partial charge < -0.3 is 35.2 Å². The Bertz CT molecular complexity index is 347. The summed E-state index contributed by atoms with van der Waals surface area (Å²) in [5.74, 6) is -0.317. The molecule has 1 fully saturated rings. The second-order valence-electron chi connectivity index (χ2n) is 4.60. The van der Waals surface area contributed by atoms with Crippen LogP contribution in [0.15, 0.2) is 12.2 Å². The van der Waals surface area contributed by atoms with Crippen molar-refractivity contribution in [3.05, 3.63) is 12.2 Å². The maximum absolute atomic E-state index is 11.2. The number of ether oxygens (including phenoxy) is 2. The number of hydrogen-bond donors (Lipinski definition) is 5. The lowest BCUT2D eigenvalue weighted by Crippen LogP contribution is -2.59. The van der Waals surface area contributed by atoms with Crippen molar-refractivity contribution in [2.45, 2.75) is 37.6 Å². The van der Waals surface area contributed by atoms with Crippen molar-refractivity contribution in [2.24, 2.45) is 0 Å². The van der Waals surface area contributed by atoms with Gasteiger partial charge in [-0.2, -0.15) is 0 Å². The van der Waals surface area contributed by atoms with Crippen molar-refractivity contribution in [1.29, 1.82) is 0 Å². The summed E-state index contributed by atoms with van der Waals surface area (Å²) in [7, 11) is 0. The van der Waals surface area contributed by atoms with Gasteiger partial charge in [0, 0.05) is 12.1 Å². The monoisotopic (exact) mass is 291 g/mol. The van der Waals surface area contributed by atoms with E-state index in [0.717, 1.165) is 0 Å². The van der Waals surface area contributed by atoms with Crippen LogP contribution in [0.5, 0.6) is 0 Å². The highest BCUT2D eigenvalue weighted by Gasteiger charge is 2.43. The van der Waals surface area contributed by atoms with Crippen LogP contribution in [0, 0.1) is 0 Å². The lowest BCUT2D eigenvalue weighted by Gasteiger charge is -2.39. The maximum atomic E-state index is 11.2. The summed E-state index contributed by atoms with van der Waals surface area (Å²) in [5.41, 5.74) is 0.359. The molecule has 0 bridgehead atoms. The van der Waals surface area contributed by atoms with Crippen LogP contribution in [-0.4, -0.2) is 76.8 Å². The van der Waals surface area contributed by atoms with Crippen LogP contribution in [0.25, 0.3) is 0 Å². The van der Waals surface area contributed by atoms with Crippen molar-refractivity contribution in [3.63, 3.8) is 0 Å². The molecule has 5 N–H and O–H groups in total. The molecule has 1 heterocycles. The molecule has 0 aromatic rings. The van der Waals surface area contributed by atoms with Gasteiger partial charge in [0.15, 0.2) is 6.29 Å². The predicted octanol–water partition coefficient (Wildman–Crippen LogP) is -2.50. The Kier molecular flexibility index (Phi) is 6.53. The largest absolute Gasteiger partial charge is 0.394 e. The lowest BCUT2D eigenvalue weighted by atomic mass is 9.99. The van der Waals surface area contributed by atoms with Crippen molar-refractivity contribution in [2.75, 3.05) is 19.8 Å². The highest BCUT2D eigenvalue weighted by atomic mass is 16.7. The van der Waals surface area contributed by atoms with Crippen molar-refractivity contribution >= 4 is 5.91 Å². The Morgan fingerprint density at radius 1 is 1.30 bits per heavy atom. The number of nitrogens with one attached hydrogen (secondary N) is 1. The van der Waals surface area contributed by atoms with E-state index in [1.807, 2.05) is 0 Å². The number of aliphatic hydroxyl groups is 4. The van der Waals surface area contributed by atoms with Gasteiger partial charge in [-0.15, -0.1) is 0 Å². The second-order valence-corrected chi connectivity index (χ2v) is 4.60. The summed E-state index contributed by atoms with van der Waals surface area (Å²) >= 11 is 0. The van der Waals surface area contributed by atoms with Crippen molar-refractivity contribution in [1.82, 2.24) is 5.32 Å². The van der Waals surface area contributed by atoms with E-state index < -0.39 is 37.3 Å². The molecular weight excluding hydrogens is 270 g/mol. The van der Waals surface area contributed by atoms with Gasteiger partial charge in [0.25, 0.3) is 0 Å². The molecule has 5 atom stereocenters. The molecule has 1 amide bonds. The second kappa shape index (κ2) is 7.67. The first-order valence-corrected chi connectivity index (χ1v) is 6.24. The van der Waals surface area contributed by atoms with Crippen LogP contribution in [0.1, 0.15) is 6.92 Å². The molecule has 0 aromatic heterocycles. The van der Waals surface area contributed by atoms with E-state index in [9.17, 15) is 20.1 Å². The quantitative estimate of drug-likeness (QED) is 0.270. The Morgan fingerprint density at radius 3 is 2.50 bits per heavy atom. The van der Waals surface area contributed by atoms with E-state index in [2.05, 4.69) is 11.9 Å². The third kappa shape index (κ3) is 4.23. The molecule has 1 aliphatic heterocycles. The molecule has 0 spiro atoms. The third-order valence-corrected chi connectivity index (χ3v) is 2.91. The lowest BCUT2D eigenvalue weighted by molar-refractivity contribution is -0.300. The average Bonchev–Trinajstić information content (AvgIpc) is 2.42. The molecular formula is C12H21NO7. The molecule has 0 saturated carbocycles. The molecule has 1 aliphatic rings. The van der Waals surface area contributed by atoms with E-state index >= 15 is 0 Å². The molecule has 20 heavy (non-hydrogen) atoms. The number of aliphatic hydroxyl groups excluding tert-OH is 4. The number of carbonyl (C=O) groups excluding carboxylic acids is 1. The first-order chi connectivity index (χ1) is 9.38. The zero-order valence-electron chi connectivity index (χ0n) is 11.2. The SMILES string of the molecule is C=C(C)C(=O)NCCOC1O[C@H](CO)[C@H](O)[C@H](O)[C@H]1O. The highest BCUT2D eigenvalue weighted by Crippen LogP contribution is 2.21. The molecule has 116 valence electrons. The van der Waals surface area contributed by atoms with Crippen molar-refractivity contribution < 1.29 is 34.7 Å². The van der Waals surface area contributed by atoms with Crippen LogP contribution in [0.3, 0.4) is 0 Å². The van der Waals surface area contributed by atoms with Gasteiger partial charge in [-0.3, -0.25) is 4.79 Å². The summed E-state index contributed by atoms with van der Waals surface area (Å²) < 4.78 is 10.3. The summed E-state index contributed by atoms with van der Waals surface area (Å²) in [4.78, 5) is 11.2. The number of carbonyl (C=O) groups is 1. The number of hydrogen-bond acceptors (Lipinski definition) is 7. The average molecular weight is 291 g/mol. The topological polar surface area (TPSA) is 128 Å². The van der Waals surface area contributed by atoms with Gasteiger partial charge in [0.05, 0.1) is 13.2 Å². The summed E-state index contributed by atoms with van der Waals surface area (Å²) in [5, 5.41) is 40.3. The van der Waals surface area contributed by atoms with E-state index in [1.54, 1.807) is 6.92 Å². The normalized spacial score (nSPS) is 33.8. The highest BCUT2D eigenvalue weighted by molar-refractivity contribution is 5.91. The minimum absolute atomic E-state index is 0.0295. The molecule has 0 aliphatic carbocycles. The molecule has 0 radical (unpaired) electrons. The minimum Gasteiger partial charge on any atom is -0.394 e. The molecule has 0 aromatic carbocycles.